The van der Waals surface area contributed by atoms with E-state index < -0.39 is 10.0 Å². The number of H-pyrrole nitrogens is 1. The largest absolute Gasteiger partial charge is 0.506 e. The Labute approximate surface area is 121 Å². The van der Waals surface area contributed by atoms with Crippen molar-refractivity contribution in [3.05, 3.63) is 48.7 Å². The Balaban J connectivity index is 1.96. The third kappa shape index (κ3) is 2.50. The zero-order chi connectivity index (χ0) is 15.0. The first-order valence-corrected chi connectivity index (χ1v) is 7.62. The molecule has 0 aliphatic heterocycles. The molecule has 21 heavy (non-hydrogen) atoms. The molecule has 0 saturated carbocycles. The lowest BCUT2D eigenvalue weighted by Gasteiger charge is -2.08. The Morgan fingerprint density at radius 3 is 2.52 bits per heavy atom. The van der Waals surface area contributed by atoms with Crippen molar-refractivity contribution >= 4 is 32.3 Å². The SMILES string of the molecule is Nc1ccc(S(=O)(=O)Nc2ccc3[nH]cc(O)c3c2)cc1. The maximum atomic E-state index is 12.2. The first-order valence-electron chi connectivity index (χ1n) is 6.14. The fraction of sp³-hybridized carbons (Fsp3) is 0. The van der Waals surface area contributed by atoms with Crippen LogP contribution in [0.25, 0.3) is 10.9 Å². The second-order valence-electron chi connectivity index (χ2n) is 4.61. The number of fused-ring (bicyclic) bond motifs is 1. The average Bonchev–Trinajstić information content (AvgIpc) is 2.80. The van der Waals surface area contributed by atoms with Crippen LogP contribution in [0.5, 0.6) is 5.75 Å². The molecule has 3 rings (SSSR count). The normalized spacial score (nSPS) is 11.6. The van der Waals surface area contributed by atoms with E-state index >= 15 is 0 Å². The lowest BCUT2D eigenvalue weighted by Crippen LogP contribution is -2.12. The van der Waals surface area contributed by atoms with Gasteiger partial charge in [0.2, 0.25) is 0 Å². The minimum atomic E-state index is -3.69. The van der Waals surface area contributed by atoms with Gasteiger partial charge in [0.25, 0.3) is 10.0 Å². The van der Waals surface area contributed by atoms with Crippen molar-refractivity contribution < 1.29 is 13.5 Å². The molecular weight excluding hydrogens is 290 g/mol. The molecule has 0 radical (unpaired) electrons. The highest BCUT2D eigenvalue weighted by atomic mass is 32.2. The average molecular weight is 303 g/mol. The molecule has 0 unspecified atom stereocenters. The summed E-state index contributed by atoms with van der Waals surface area (Å²) in [5.41, 5.74) is 7.13. The minimum absolute atomic E-state index is 0.0681. The number of aromatic nitrogens is 1. The number of nitrogens with one attached hydrogen (secondary N) is 2. The minimum Gasteiger partial charge on any atom is -0.506 e. The van der Waals surface area contributed by atoms with Crippen molar-refractivity contribution in [2.24, 2.45) is 0 Å². The summed E-state index contributed by atoms with van der Waals surface area (Å²) in [7, 11) is -3.69. The van der Waals surface area contributed by atoms with E-state index in [1.165, 1.54) is 30.5 Å². The summed E-state index contributed by atoms with van der Waals surface area (Å²) in [5.74, 6) is 0.0681. The van der Waals surface area contributed by atoms with E-state index in [9.17, 15) is 13.5 Å². The van der Waals surface area contributed by atoms with Gasteiger partial charge in [0.05, 0.1) is 4.90 Å². The fourth-order valence-corrected chi connectivity index (χ4v) is 3.08. The monoisotopic (exact) mass is 303 g/mol. The van der Waals surface area contributed by atoms with Crippen LogP contribution in [-0.2, 0) is 10.0 Å². The second kappa shape index (κ2) is 4.71. The van der Waals surface area contributed by atoms with Crippen LogP contribution in [0.3, 0.4) is 0 Å². The smallest absolute Gasteiger partial charge is 0.261 e. The molecule has 6 nitrogen and oxygen atoms in total. The van der Waals surface area contributed by atoms with Crippen LogP contribution < -0.4 is 10.5 Å². The molecule has 0 saturated heterocycles. The number of sulfonamides is 1. The third-order valence-electron chi connectivity index (χ3n) is 3.10. The quantitative estimate of drug-likeness (QED) is 0.556. The number of benzene rings is 2. The molecule has 0 fully saturated rings. The Morgan fingerprint density at radius 2 is 1.81 bits per heavy atom. The van der Waals surface area contributed by atoms with E-state index in [1.54, 1.807) is 18.2 Å². The van der Waals surface area contributed by atoms with Gasteiger partial charge >= 0.3 is 0 Å². The molecule has 0 spiro atoms. The molecule has 0 amide bonds. The van der Waals surface area contributed by atoms with Crippen LogP contribution in [0.1, 0.15) is 0 Å². The Kier molecular flexibility index (Phi) is 2.99. The van der Waals surface area contributed by atoms with Gasteiger partial charge in [0.15, 0.2) is 0 Å². The van der Waals surface area contributed by atoms with E-state index in [0.717, 1.165) is 5.52 Å². The van der Waals surface area contributed by atoms with Crippen LogP contribution in [0.4, 0.5) is 11.4 Å². The molecule has 7 heteroatoms. The van der Waals surface area contributed by atoms with Gasteiger partial charge in [-0.1, -0.05) is 0 Å². The number of nitrogen functional groups attached to an aromatic ring is 1. The highest BCUT2D eigenvalue weighted by molar-refractivity contribution is 7.92. The number of anilines is 2. The Bertz CT molecular complexity index is 899. The number of aromatic hydroxyl groups is 1. The van der Waals surface area contributed by atoms with Crippen LogP contribution in [0, 0.1) is 0 Å². The number of nitrogens with two attached hydrogens (primary N) is 1. The van der Waals surface area contributed by atoms with Gasteiger partial charge in [-0.05, 0) is 42.5 Å². The molecule has 1 aromatic heterocycles. The number of hydrogen-bond donors (Lipinski definition) is 4. The molecule has 108 valence electrons. The molecule has 0 aliphatic carbocycles. The van der Waals surface area contributed by atoms with Crippen molar-refractivity contribution in [2.75, 3.05) is 10.5 Å². The van der Waals surface area contributed by atoms with Gasteiger partial charge in [0, 0.05) is 28.5 Å². The van der Waals surface area contributed by atoms with E-state index in [-0.39, 0.29) is 10.6 Å². The summed E-state index contributed by atoms with van der Waals surface area (Å²) in [6, 6.07) is 10.8. The summed E-state index contributed by atoms with van der Waals surface area (Å²) in [6.45, 7) is 0. The molecule has 5 N–H and O–H groups in total. The van der Waals surface area contributed by atoms with Crippen molar-refractivity contribution in [3.8, 4) is 5.75 Å². The lowest BCUT2D eigenvalue weighted by molar-refractivity contribution is 0.481. The predicted molar refractivity (Wildman–Crippen MR) is 81.6 cm³/mol. The number of aromatic amines is 1. The highest BCUT2D eigenvalue weighted by Gasteiger charge is 2.14. The van der Waals surface area contributed by atoms with Gasteiger partial charge in [-0.3, -0.25) is 4.72 Å². The Hall–Kier alpha value is -2.67. The molecular formula is C14H13N3O3S. The van der Waals surface area contributed by atoms with E-state index in [2.05, 4.69) is 9.71 Å². The summed E-state index contributed by atoms with van der Waals surface area (Å²) < 4.78 is 27.0. The highest BCUT2D eigenvalue weighted by Crippen LogP contribution is 2.27. The van der Waals surface area contributed by atoms with Gasteiger partial charge in [-0.25, -0.2) is 8.42 Å². The van der Waals surface area contributed by atoms with Gasteiger partial charge in [0.1, 0.15) is 5.75 Å². The van der Waals surface area contributed by atoms with Crippen molar-refractivity contribution in [3.63, 3.8) is 0 Å². The first kappa shape index (κ1) is 13.3. The van der Waals surface area contributed by atoms with Crippen LogP contribution in [0.2, 0.25) is 0 Å². The summed E-state index contributed by atoms with van der Waals surface area (Å²) >= 11 is 0. The molecule has 0 aliphatic rings. The maximum absolute atomic E-state index is 12.2. The second-order valence-corrected chi connectivity index (χ2v) is 6.29. The summed E-state index contributed by atoms with van der Waals surface area (Å²) in [5, 5.41) is 10.2. The number of rotatable bonds is 3. The van der Waals surface area contributed by atoms with Crippen molar-refractivity contribution in [2.45, 2.75) is 4.90 Å². The van der Waals surface area contributed by atoms with Crippen molar-refractivity contribution in [1.29, 1.82) is 0 Å². The molecule has 3 aromatic rings. The summed E-state index contributed by atoms with van der Waals surface area (Å²) in [6.07, 6.45) is 1.45. The molecule has 2 aromatic carbocycles. The molecule has 0 bridgehead atoms. The molecule has 0 atom stereocenters. The van der Waals surface area contributed by atoms with E-state index in [1.807, 2.05) is 0 Å². The Morgan fingerprint density at radius 1 is 1.10 bits per heavy atom. The van der Waals surface area contributed by atoms with Crippen LogP contribution in [-0.4, -0.2) is 18.5 Å². The molecule has 1 heterocycles. The third-order valence-corrected chi connectivity index (χ3v) is 4.50. The number of hydrogen-bond acceptors (Lipinski definition) is 4. The van der Waals surface area contributed by atoms with Crippen LogP contribution in [0.15, 0.2) is 53.6 Å². The fourth-order valence-electron chi connectivity index (χ4n) is 2.03. The van der Waals surface area contributed by atoms with Gasteiger partial charge < -0.3 is 15.8 Å². The van der Waals surface area contributed by atoms with E-state index in [4.69, 9.17) is 5.73 Å². The van der Waals surface area contributed by atoms with Gasteiger partial charge in [-0.2, -0.15) is 0 Å². The van der Waals surface area contributed by atoms with Gasteiger partial charge in [-0.15, -0.1) is 0 Å². The van der Waals surface area contributed by atoms with Crippen LogP contribution >= 0.6 is 0 Å². The predicted octanol–water partition coefficient (Wildman–Crippen LogP) is 2.26. The maximum Gasteiger partial charge on any atom is 0.261 e. The first-order chi connectivity index (χ1) is 9.95. The topological polar surface area (TPSA) is 108 Å². The lowest BCUT2D eigenvalue weighted by atomic mass is 10.2. The van der Waals surface area contributed by atoms with Crippen molar-refractivity contribution in [1.82, 2.24) is 4.98 Å². The van der Waals surface area contributed by atoms with E-state index in [0.29, 0.717) is 16.8 Å². The standard InChI is InChI=1S/C14H13N3O3S/c15-9-1-4-11(5-2-9)21(19,20)17-10-3-6-13-12(7-10)14(18)8-16-13/h1-8,16-18H,15H2. The zero-order valence-electron chi connectivity index (χ0n) is 10.9. The zero-order valence-corrected chi connectivity index (χ0v) is 11.7. The summed E-state index contributed by atoms with van der Waals surface area (Å²) in [4.78, 5) is 3.00.